The Hall–Kier alpha value is -2.87. The van der Waals surface area contributed by atoms with Gasteiger partial charge in [0.25, 0.3) is 11.8 Å². The largest absolute Gasteiger partial charge is 0.484 e. The van der Waals surface area contributed by atoms with E-state index in [0.717, 1.165) is 0 Å². The molecule has 0 radical (unpaired) electrons. The van der Waals surface area contributed by atoms with Crippen LogP contribution < -0.4 is 10.1 Å². The number of hydrogen-bond donors (Lipinski definition) is 1. The normalized spacial score (nSPS) is 10.5. The zero-order valence-corrected chi connectivity index (χ0v) is 12.8. The number of nitrogens with one attached hydrogen (secondary N) is 1. The zero-order chi connectivity index (χ0) is 16.2. The molecular formula is C14H12ClN5O3. The molecule has 0 aliphatic carbocycles. The fourth-order valence-electron chi connectivity index (χ4n) is 1.74. The van der Waals surface area contributed by atoms with Gasteiger partial charge in [-0.2, -0.15) is 5.10 Å². The molecule has 3 rings (SSSR count). The van der Waals surface area contributed by atoms with Gasteiger partial charge in [0.05, 0.1) is 0 Å². The third kappa shape index (κ3) is 3.86. The molecule has 1 aromatic carbocycles. The summed E-state index contributed by atoms with van der Waals surface area (Å²) in [5.41, 5.74) is 0.526. The minimum atomic E-state index is -0.420. The number of aryl methyl sites for hydroxylation is 1. The summed E-state index contributed by atoms with van der Waals surface area (Å²) in [6, 6.07) is 8.39. The van der Waals surface area contributed by atoms with Crippen LogP contribution in [0.15, 0.2) is 40.9 Å². The summed E-state index contributed by atoms with van der Waals surface area (Å²) in [5, 5.41) is 14.7. The van der Waals surface area contributed by atoms with Gasteiger partial charge in [-0.3, -0.25) is 14.8 Å². The van der Waals surface area contributed by atoms with Crippen molar-refractivity contribution in [1.29, 1.82) is 0 Å². The SMILES string of the molecule is Cn1ccc(-c2nnc(NC(=O)COc3ccc(Cl)cc3)o2)n1. The smallest absolute Gasteiger partial charge is 0.322 e. The number of benzene rings is 1. The van der Waals surface area contributed by atoms with Crippen molar-refractivity contribution < 1.29 is 13.9 Å². The predicted molar refractivity (Wildman–Crippen MR) is 82.1 cm³/mol. The number of aromatic nitrogens is 4. The van der Waals surface area contributed by atoms with Gasteiger partial charge in [-0.25, -0.2) is 0 Å². The molecule has 0 aliphatic rings. The topological polar surface area (TPSA) is 95.1 Å². The van der Waals surface area contributed by atoms with Crippen molar-refractivity contribution in [2.24, 2.45) is 7.05 Å². The van der Waals surface area contributed by atoms with Gasteiger partial charge in [0.2, 0.25) is 0 Å². The molecule has 0 saturated carbocycles. The number of nitrogens with zero attached hydrogens (tertiary/aromatic N) is 4. The lowest BCUT2D eigenvalue weighted by molar-refractivity contribution is -0.118. The van der Waals surface area contributed by atoms with E-state index in [1.807, 2.05) is 0 Å². The third-order valence-corrected chi connectivity index (χ3v) is 3.04. The van der Waals surface area contributed by atoms with E-state index in [9.17, 15) is 4.79 Å². The van der Waals surface area contributed by atoms with Gasteiger partial charge in [-0.05, 0) is 30.3 Å². The van der Waals surface area contributed by atoms with Crippen molar-refractivity contribution in [3.63, 3.8) is 0 Å². The average Bonchev–Trinajstić information content (AvgIpc) is 3.16. The fraction of sp³-hybridized carbons (Fsp3) is 0.143. The van der Waals surface area contributed by atoms with Crippen molar-refractivity contribution in [2.45, 2.75) is 0 Å². The molecular weight excluding hydrogens is 322 g/mol. The molecule has 8 nitrogen and oxygen atoms in total. The number of carbonyl (C=O) groups is 1. The van der Waals surface area contributed by atoms with Gasteiger partial charge in [0, 0.05) is 18.3 Å². The molecule has 118 valence electrons. The number of anilines is 1. The Morgan fingerprint density at radius 1 is 1.30 bits per heavy atom. The van der Waals surface area contributed by atoms with E-state index in [4.69, 9.17) is 20.8 Å². The Balaban J connectivity index is 1.56. The zero-order valence-electron chi connectivity index (χ0n) is 12.1. The van der Waals surface area contributed by atoms with E-state index < -0.39 is 5.91 Å². The van der Waals surface area contributed by atoms with Gasteiger partial charge in [-0.15, -0.1) is 5.10 Å². The molecule has 0 fully saturated rings. The maximum Gasteiger partial charge on any atom is 0.322 e. The van der Waals surface area contributed by atoms with Gasteiger partial charge in [0.1, 0.15) is 11.4 Å². The maximum absolute atomic E-state index is 11.8. The Kier molecular flexibility index (Phi) is 4.24. The van der Waals surface area contributed by atoms with E-state index in [1.165, 1.54) is 0 Å². The molecule has 2 heterocycles. The predicted octanol–water partition coefficient (Wildman–Crippen LogP) is 2.14. The highest BCUT2D eigenvalue weighted by Gasteiger charge is 2.13. The summed E-state index contributed by atoms with van der Waals surface area (Å²) in [6.45, 7) is -0.192. The second kappa shape index (κ2) is 6.49. The molecule has 0 spiro atoms. The van der Waals surface area contributed by atoms with Crippen LogP contribution >= 0.6 is 11.6 Å². The van der Waals surface area contributed by atoms with Crippen LogP contribution in [0.2, 0.25) is 5.02 Å². The lowest BCUT2D eigenvalue weighted by Gasteiger charge is -2.04. The van der Waals surface area contributed by atoms with Crippen molar-refractivity contribution in [3.05, 3.63) is 41.6 Å². The maximum atomic E-state index is 11.8. The van der Waals surface area contributed by atoms with Crippen molar-refractivity contribution in [2.75, 3.05) is 11.9 Å². The molecule has 0 aliphatic heterocycles. The first kappa shape index (κ1) is 15.0. The average molecular weight is 334 g/mol. The molecule has 0 atom stereocenters. The number of rotatable bonds is 5. The van der Waals surface area contributed by atoms with Crippen LogP contribution in [0.5, 0.6) is 5.75 Å². The minimum absolute atomic E-state index is 0.0182. The van der Waals surface area contributed by atoms with E-state index in [-0.39, 0.29) is 18.5 Å². The van der Waals surface area contributed by atoms with E-state index in [0.29, 0.717) is 16.5 Å². The second-order valence-corrected chi connectivity index (χ2v) is 5.01. The molecule has 0 unspecified atom stereocenters. The molecule has 0 saturated heterocycles. The Morgan fingerprint density at radius 3 is 2.78 bits per heavy atom. The first-order valence-corrected chi connectivity index (χ1v) is 7.00. The number of carbonyl (C=O) groups excluding carboxylic acids is 1. The third-order valence-electron chi connectivity index (χ3n) is 2.79. The standard InChI is InChI=1S/C14H12ClN5O3/c1-20-7-6-11(19-20)13-17-18-14(23-13)16-12(21)8-22-10-4-2-9(15)3-5-10/h2-7H,8H2,1H3,(H,16,18,21). The summed E-state index contributed by atoms with van der Waals surface area (Å²) < 4.78 is 12.2. The summed E-state index contributed by atoms with van der Waals surface area (Å²) in [4.78, 5) is 11.8. The molecule has 23 heavy (non-hydrogen) atoms. The molecule has 2 aromatic heterocycles. The van der Waals surface area contributed by atoms with Gasteiger partial charge in [0.15, 0.2) is 6.61 Å². The molecule has 0 bridgehead atoms. The van der Waals surface area contributed by atoms with Gasteiger partial charge < -0.3 is 9.15 Å². The highest BCUT2D eigenvalue weighted by molar-refractivity contribution is 6.30. The van der Waals surface area contributed by atoms with E-state index >= 15 is 0 Å². The number of ether oxygens (including phenoxy) is 1. The van der Waals surface area contributed by atoms with Crippen LogP contribution in [0, 0.1) is 0 Å². The fourth-order valence-corrected chi connectivity index (χ4v) is 1.87. The first-order valence-electron chi connectivity index (χ1n) is 6.62. The summed E-state index contributed by atoms with van der Waals surface area (Å²) >= 11 is 5.77. The van der Waals surface area contributed by atoms with Crippen LogP contribution in [0.3, 0.4) is 0 Å². The van der Waals surface area contributed by atoms with Crippen LogP contribution in [0.4, 0.5) is 6.01 Å². The summed E-state index contributed by atoms with van der Waals surface area (Å²) in [5.74, 6) is 0.333. The molecule has 1 N–H and O–H groups in total. The lowest BCUT2D eigenvalue weighted by Crippen LogP contribution is -2.20. The Bertz CT molecular complexity index is 812. The number of halogens is 1. The van der Waals surface area contributed by atoms with Gasteiger partial charge >= 0.3 is 6.01 Å². The molecule has 1 amide bonds. The van der Waals surface area contributed by atoms with Crippen molar-refractivity contribution in [1.82, 2.24) is 20.0 Å². The highest BCUT2D eigenvalue weighted by Crippen LogP contribution is 2.18. The van der Waals surface area contributed by atoms with E-state index in [2.05, 4.69) is 20.6 Å². The Morgan fingerprint density at radius 2 is 2.09 bits per heavy atom. The molecule has 9 heteroatoms. The van der Waals surface area contributed by atoms with Crippen LogP contribution in [-0.4, -0.2) is 32.5 Å². The first-order chi connectivity index (χ1) is 11.1. The number of amides is 1. The lowest BCUT2D eigenvalue weighted by atomic mass is 10.3. The van der Waals surface area contributed by atoms with Crippen LogP contribution in [0.25, 0.3) is 11.6 Å². The highest BCUT2D eigenvalue weighted by atomic mass is 35.5. The number of hydrogen-bond acceptors (Lipinski definition) is 6. The summed E-state index contributed by atoms with van der Waals surface area (Å²) in [6.07, 6.45) is 1.75. The van der Waals surface area contributed by atoms with Crippen molar-refractivity contribution in [3.8, 4) is 17.3 Å². The van der Waals surface area contributed by atoms with Crippen LogP contribution in [-0.2, 0) is 11.8 Å². The quantitative estimate of drug-likeness (QED) is 0.768. The minimum Gasteiger partial charge on any atom is -0.484 e. The van der Waals surface area contributed by atoms with E-state index in [1.54, 1.807) is 48.3 Å². The monoisotopic (exact) mass is 333 g/mol. The van der Waals surface area contributed by atoms with Crippen LogP contribution in [0.1, 0.15) is 0 Å². The molecule has 3 aromatic rings. The van der Waals surface area contributed by atoms with Crippen molar-refractivity contribution >= 4 is 23.5 Å². The second-order valence-electron chi connectivity index (χ2n) is 4.58. The Labute approximate surface area is 136 Å². The van der Waals surface area contributed by atoms with Gasteiger partial charge in [-0.1, -0.05) is 16.7 Å². The summed E-state index contributed by atoms with van der Waals surface area (Å²) in [7, 11) is 1.77.